The number of aromatic nitrogens is 1. The maximum absolute atomic E-state index is 13.5. The summed E-state index contributed by atoms with van der Waals surface area (Å²) in [7, 11) is 1.30. The van der Waals surface area contributed by atoms with Gasteiger partial charge in [0, 0.05) is 10.5 Å². The van der Waals surface area contributed by atoms with E-state index in [0.29, 0.717) is 32.3 Å². The van der Waals surface area contributed by atoms with Crippen LogP contribution in [0.4, 0.5) is 5.82 Å². The Labute approximate surface area is 189 Å². The third-order valence-corrected chi connectivity index (χ3v) is 5.84. The first-order valence-electron chi connectivity index (χ1n) is 9.60. The fourth-order valence-corrected chi connectivity index (χ4v) is 4.24. The highest BCUT2D eigenvalue weighted by Gasteiger charge is 2.44. The molecule has 1 aliphatic heterocycles. The van der Waals surface area contributed by atoms with Crippen LogP contribution < -0.4 is 10.3 Å². The molecule has 0 saturated carbocycles. The fourth-order valence-electron chi connectivity index (χ4n) is 3.88. The van der Waals surface area contributed by atoms with E-state index in [0.717, 1.165) is 0 Å². The van der Waals surface area contributed by atoms with Crippen molar-refractivity contribution in [3.05, 3.63) is 91.4 Å². The van der Waals surface area contributed by atoms with Crippen LogP contribution in [0, 0.1) is 6.92 Å². The highest BCUT2D eigenvalue weighted by molar-refractivity contribution is 9.10. The van der Waals surface area contributed by atoms with Crippen LogP contribution in [-0.4, -0.2) is 24.1 Å². The van der Waals surface area contributed by atoms with Gasteiger partial charge in [-0.25, -0.2) is 4.79 Å². The molecule has 1 aliphatic rings. The van der Waals surface area contributed by atoms with Crippen molar-refractivity contribution in [1.82, 2.24) is 5.16 Å². The number of methoxy groups -OCH3 is 1. The molecule has 5 rings (SSSR count). The average Bonchev–Trinajstić information content (AvgIpc) is 3.35. The summed E-state index contributed by atoms with van der Waals surface area (Å²) in [6.07, 6.45) is 0. The lowest BCUT2D eigenvalue weighted by Gasteiger charge is -2.22. The number of amides is 1. The van der Waals surface area contributed by atoms with Gasteiger partial charge in [-0.2, -0.15) is 0 Å². The molecule has 0 spiro atoms. The number of aryl methyl sites for hydroxylation is 1. The molecule has 2 aromatic carbocycles. The third kappa shape index (κ3) is 3.04. The molecule has 1 unspecified atom stereocenters. The first kappa shape index (κ1) is 20.2. The molecular weight excluding hydrogens is 480 g/mol. The Morgan fingerprint density at radius 1 is 1.12 bits per heavy atom. The number of anilines is 1. The Morgan fingerprint density at radius 2 is 1.88 bits per heavy atom. The van der Waals surface area contributed by atoms with Gasteiger partial charge in [0.05, 0.1) is 29.7 Å². The first-order valence-corrected chi connectivity index (χ1v) is 10.4. The topological polar surface area (TPSA) is 103 Å². The maximum Gasteiger partial charge on any atom is 0.337 e. The predicted molar refractivity (Wildman–Crippen MR) is 118 cm³/mol. The number of ether oxygens (including phenoxy) is 1. The Hall–Kier alpha value is -3.72. The summed E-state index contributed by atoms with van der Waals surface area (Å²) >= 11 is 3.37. The molecule has 4 aromatic rings. The fraction of sp³-hybridized carbons (Fsp3) is 0.130. The molecule has 1 amide bonds. The number of carbonyl (C=O) groups excluding carboxylic acids is 2. The Balaban J connectivity index is 1.76. The largest absolute Gasteiger partial charge is 0.465 e. The number of hydrogen-bond acceptors (Lipinski definition) is 7. The Bertz CT molecular complexity index is 1450. The molecule has 0 bridgehead atoms. The summed E-state index contributed by atoms with van der Waals surface area (Å²) in [5, 5.41) is 4.33. The van der Waals surface area contributed by atoms with E-state index < -0.39 is 17.9 Å². The molecule has 0 radical (unpaired) electrons. The molecule has 0 saturated heterocycles. The van der Waals surface area contributed by atoms with Gasteiger partial charge in [-0.1, -0.05) is 33.2 Å². The summed E-state index contributed by atoms with van der Waals surface area (Å²) in [5.74, 6) is -0.272. The van der Waals surface area contributed by atoms with Gasteiger partial charge in [-0.3, -0.25) is 14.5 Å². The Kier molecular flexibility index (Phi) is 4.70. The summed E-state index contributed by atoms with van der Waals surface area (Å²) in [6.45, 7) is 1.71. The molecule has 8 nitrogen and oxygen atoms in total. The monoisotopic (exact) mass is 494 g/mol. The van der Waals surface area contributed by atoms with E-state index >= 15 is 0 Å². The van der Waals surface area contributed by atoms with Gasteiger partial charge >= 0.3 is 5.97 Å². The minimum atomic E-state index is -0.812. The van der Waals surface area contributed by atoms with Gasteiger partial charge in [0.15, 0.2) is 11.2 Å². The lowest BCUT2D eigenvalue weighted by atomic mass is 9.97. The normalized spacial score (nSPS) is 15.3. The smallest absolute Gasteiger partial charge is 0.337 e. The number of fused-ring (bicyclic) bond motifs is 2. The number of halogens is 1. The van der Waals surface area contributed by atoms with Crippen LogP contribution in [0.5, 0.6) is 0 Å². The molecule has 2 aromatic heterocycles. The number of rotatable bonds is 3. The zero-order valence-electron chi connectivity index (χ0n) is 16.9. The van der Waals surface area contributed by atoms with Crippen LogP contribution in [0.2, 0.25) is 0 Å². The van der Waals surface area contributed by atoms with Crippen molar-refractivity contribution < 1.29 is 23.3 Å². The quantitative estimate of drug-likeness (QED) is 0.389. The summed E-state index contributed by atoms with van der Waals surface area (Å²) in [4.78, 5) is 40.1. The van der Waals surface area contributed by atoms with Gasteiger partial charge < -0.3 is 13.7 Å². The number of nitrogens with zero attached hydrogens (tertiary/aromatic N) is 2. The molecule has 0 fully saturated rings. The van der Waals surface area contributed by atoms with Crippen LogP contribution in [0.15, 0.2) is 66.7 Å². The van der Waals surface area contributed by atoms with Gasteiger partial charge in [0.2, 0.25) is 5.76 Å². The van der Waals surface area contributed by atoms with Gasteiger partial charge in [-0.05, 0) is 42.8 Å². The van der Waals surface area contributed by atoms with Crippen LogP contribution >= 0.6 is 15.9 Å². The second-order valence-electron chi connectivity index (χ2n) is 7.30. The highest BCUT2D eigenvalue weighted by atomic mass is 79.9. The number of benzene rings is 2. The van der Waals surface area contributed by atoms with Crippen molar-refractivity contribution >= 4 is 44.6 Å². The van der Waals surface area contributed by atoms with Gasteiger partial charge in [-0.15, -0.1) is 0 Å². The van der Waals surface area contributed by atoms with Crippen molar-refractivity contribution in [3.8, 4) is 0 Å². The summed E-state index contributed by atoms with van der Waals surface area (Å²) < 4.78 is 16.5. The van der Waals surface area contributed by atoms with E-state index in [2.05, 4.69) is 21.1 Å². The number of hydrogen-bond donors (Lipinski definition) is 0. The summed E-state index contributed by atoms with van der Waals surface area (Å²) in [5.41, 5.74) is 1.14. The lowest BCUT2D eigenvalue weighted by Crippen LogP contribution is -2.29. The summed E-state index contributed by atoms with van der Waals surface area (Å²) in [6, 6.07) is 12.3. The predicted octanol–water partition coefficient (Wildman–Crippen LogP) is 4.39. The zero-order chi connectivity index (χ0) is 22.6. The molecule has 3 heterocycles. The second kappa shape index (κ2) is 7.45. The molecule has 32 heavy (non-hydrogen) atoms. The Morgan fingerprint density at radius 3 is 2.53 bits per heavy atom. The number of carbonyl (C=O) groups is 2. The van der Waals surface area contributed by atoms with Crippen molar-refractivity contribution in [2.45, 2.75) is 13.0 Å². The van der Waals surface area contributed by atoms with E-state index in [4.69, 9.17) is 13.7 Å². The van der Waals surface area contributed by atoms with Gasteiger partial charge in [0.1, 0.15) is 11.3 Å². The molecule has 160 valence electrons. The van der Waals surface area contributed by atoms with Crippen molar-refractivity contribution in [2.75, 3.05) is 12.0 Å². The average molecular weight is 495 g/mol. The molecule has 0 N–H and O–H groups in total. The first-order chi connectivity index (χ1) is 15.4. The zero-order valence-corrected chi connectivity index (χ0v) is 18.5. The van der Waals surface area contributed by atoms with Crippen molar-refractivity contribution in [3.63, 3.8) is 0 Å². The van der Waals surface area contributed by atoms with E-state index in [1.54, 1.807) is 55.5 Å². The van der Waals surface area contributed by atoms with E-state index in [-0.39, 0.29) is 22.6 Å². The van der Waals surface area contributed by atoms with Gasteiger partial charge in [0.25, 0.3) is 5.91 Å². The number of esters is 1. The molecule has 1 atom stereocenters. The maximum atomic E-state index is 13.5. The third-order valence-electron chi connectivity index (χ3n) is 5.34. The van der Waals surface area contributed by atoms with Crippen LogP contribution in [-0.2, 0) is 4.74 Å². The molecule has 0 aliphatic carbocycles. The molecular formula is C23H15BrN2O6. The molecule has 9 heteroatoms. The van der Waals surface area contributed by atoms with E-state index in [9.17, 15) is 14.4 Å². The van der Waals surface area contributed by atoms with Crippen molar-refractivity contribution in [1.29, 1.82) is 0 Å². The lowest BCUT2D eigenvalue weighted by molar-refractivity contribution is 0.0600. The van der Waals surface area contributed by atoms with Crippen LogP contribution in [0.3, 0.4) is 0 Å². The minimum Gasteiger partial charge on any atom is -0.465 e. The SMILES string of the molecule is COC(=O)c1ccc(C2c3c(oc4ccc(Br)cc4c3=O)C(=O)N2c2cc(C)on2)cc1. The van der Waals surface area contributed by atoms with E-state index in [1.165, 1.54) is 12.0 Å². The van der Waals surface area contributed by atoms with Crippen LogP contribution in [0.1, 0.15) is 43.8 Å². The standard InChI is InChI=1S/C23H15BrN2O6/c1-11-9-17(25-32-11)26-19(12-3-5-13(6-4-12)23(29)30-2)18-20(27)15-10-14(24)7-8-16(15)31-21(18)22(26)28/h3-10,19H,1-2H3. The van der Waals surface area contributed by atoms with Crippen molar-refractivity contribution in [2.24, 2.45) is 0 Å². The second-order valence-corrected chi connectivity index (χ2v) is 8.22. The van der Waals surface area contributed by atoms with E-state index in [1.807, 2.05) is 0 Å². The van der Waals surface area contributed by atoms with Crippen LogP contribution in [0.25, 0.3) is 11.0 Å². The minimum absolute atomic E-state index is 0.0486. The highest BCUT2D eigenvalue weighted by Crippen LogP contribution is 2.41.